The molecule has 0 amide bonds. The van der Waals surface area contributed by atoms with E-state index in [0.717, 1.165) is 0 Å². The van der Waals surface area contributed by atoms with Crippen molar-refractivity contribution in [2.45, 2.75) is 27.1 Å². The number of ether oxygens (including phenoxy) is 4. The van der Waals surface area contributed by atoms with E-state index in [-0.39, 0.29) is 32.6 Å². The molecule has 2 rings (SSSR count). The Morgan fingerprint density at radius 3 is 1.65 bits per heavy atom. The van der Waals surface area contributed by atoms with Crippen molar-refractivity contribution in [3.63, 3.8) is 0 Å². The van der Waals surface area contributed by atoms with E-state index >= 15 is 0 Å². The molecule has 0 spiro atoms. The second-order valence-corrected chi connectivity index (χ2v) is 5.28. The molecule has 0 unspecified atom stereocenters. The van der Waals surface area contributed by atoms with Gasteiger partial charge in [0.2, 0.25) is 5.78 Å². The van der Waals surface area contributed by atoms with Crippen molar-refractivity contribution in [1.82, 2.24) is 9.97 Å². The van der Waals surface area contributed by atoms with Crippen LogP contribution in [0.3, 0.4) is 0 Å². The molecule has 0 fully saturated rings. The van der Waals surface area contributed by atoms with Crippen molar-refractivity contribution in [1.29, 1.82) is 0 Å². The molecule has 2 heterocycles. The van der Waals surface area contributed by atoms with Crippen LogP contribution < -0.4 is 0 Å². The minimum Gasteiger partial charge on any atom is -0.356 e. The molecule has 7 nitrogen and oxygen atoms in total. The molecule has 26 heavy (non-hydrogen) atoms. The van der Waals surface area contributed by atoms with Gasteiger partial charge >= 0.3 is 0 Å². The molecule has 0 bridgehead atoms. The predicted molar refractivity (Wildman–Crippen MR) is 94.5 cm³/mol. The maximum Gasteiger partial charge on any atom is 0.229 e. The van der Waals surface area contributed by atoms with E-state index in [0.29, 0.717) is 36.0 Å². The number of ketones is 1. The minimum absolute atomic E-state index is 0.196. The Kier molecular flexibility index (Phi) is 8.85. The van der Waals surface area contributed by atoms with Crippen molar-refractivity contribution >= 4 is 5.78 Å². The van der Waals surface area contributed by atoms with Crippen molar-refractivity contribution in [2.75, 3.05) is 26.8 Å². The minimum atomic E-state index is -0.247. The highest BCUT2D eigenvalue weighted by Gasteiger charge is 2.13. The quantitative estimate of drug-likeness (QED) is 0.327. The zero-order valence-corrected chi connectivity index (χ0v) is 15.1. The Labute approximate surface area is 153 Å². The van der Waals surface area contributed by atoms with E-state index in [2.05, 4.69) is 9.97 Å². The van der Waals surface area contributed by atoms with Crippen LogP contribution in [0.1, 0.15) is 41.4 Å². The van der Waals surface area contributed by atoms with Crippen molar-refractivity contribution in [2.24, 2.45) is 0 Å². The highest BCUT2D eigenvalue weighted by atomic mass is 16.7. The van der Waals surface area contributed by atoms with Gasteiger partial charge in [0.1, 0.15) is 25.0 Å². The first-order chi connectivity index (χ1) is 12.7. The summed E-state index contributed by atoms with van der Waals surface area (Å²) in [6.07, 6.45) is 0. The predicted octanol–water partition coefficient (Wildman–Crippen LogP) is 2.73. The first kappa shape index (κ1) is 20.1. The van der Waals surface area contributed by atoms with Crippen LogP contribution in [-0.2, 0) is 32.2 Å². The van der Waals surface area contributed by atoms with E-state index < -0.39 is 0 Å². The van der Waals surface area contributed by atoms with Gasteiger partial charge in [0, 0.05) is 13.2 Å². The second-order valence-electron chi connectivity index (χ2n) is 5.28. The lowest BCUT2D eigenvalue weighted by Gasteiger charge is -2.07. The van der Waals surface area contributed by atoms with Crippen LogP contribution in [0.4, 0.5) is 0 Å². The van der Waals surface area contributed by atoms with E-state index in [4.69, 9.17) is 18.9 Å². The van der Waals surface area contributed by atoms with Crippen LogP contribution in [-0.4, -0.2) is 42.6 Å². The van der Waals surface area contributed by atoms with E-state index in [9.17, 15) is 4.79 Å². The lowest BCUT2D eigenvalue weighted by atomic mass is 10.1. The van der Waals surface area contributed by atoms with Gasteiger partial charge in [0.15, 0.2) is 0 Å². The molecule has 0 radical (unpaired) electrons. The smallest absolute Gasteiger partial charge is 0.229 e. The lowest BCUT2D eigenvalue weighted by molar-refractivity contribution is -0.0581. The van der Waals surface area contributed by atoms with Gasteiger partial charge < -0.3 is 18.9 Å². The Balaban J connectivity index is 1.99. The van der Waals surface area contributed by atoms with E-state index in [1.165, 1.54) is 0 Å². The van der Waals surface area contributed by atoms with Crippen LogP contribution in [0.2, 0.25) is 0 Å². The van der Waals surface area contributed by atoms with E-state index in [1.807, 2.05) is 13.8 Å². The average molecular weight is 360 g/mol. The number of nitrogens with zero attached hydrogens (tertiary/aromatic N) is 2. The van der Waals surface area contributed by atoms with Gasteiger partial charge in [-0.25, -0.2) is 9.97 Å². The summed E-state index contributed by atoms with van der Waals surface area (Å²) in [7, 11) is 0. The molecule has 0 aliphatic rings. The van der Waals surface area contributed by atoms with Crippen LogP contribution in [0.25, 0.3) is 0 Å². The normalized spacial score (nSPS) is 10.8. The lowest BCUT2D eigenvalue weighted by Crippen LogP contribution is -2.10. The summed E-state index contributed by atoms with van der Waals surface area (Å²) >= 11 is 0. The fourth-order valence-electron chi connectivity index (χ4n) is 2.08. The van der Waals surface area contributed by atoms with Crippen LogP contribution in [0.5, 0.6) is 0 Å². The van der Waals surface area contributed by atoms with Crippen molar-refractivity contribution < 1.29 is 23.7 Å². The molecular weight excluding hydrogens is 336 g/mol. The molecule has 0 saturated heterocycles. The third-order valence-electron chi connectivity index (χ3n) is 3.32. The largest absolute Gasteiger partial charge is 0.356 e. The first-order valence-electron chi connectivity index (χ1n) is 8.52. The summed E-state index contributed by atoms with van der Waals surface area (Å²) in [5, 5.41) is 0. The molecule has 2 aromatic rings. The zero-order valence-electron chi connectivity index (χ0n) is 15.1. The van der Waals surface area contributed by atoms with Crippen LogP contribution >= 0.6 is 0 Å². The molecular formula is C19H24N2O5. The summed E-state index contributed by atoms with van der Waals surface area (Å²) in [6, 6.07) is 10.5. The number of hydrogen-bond acceptors (Lipinski definition) is 7. The number of carbonyl (C=O) groups is 1. The van der Waals surface area contributed by atoms with Gasteiger partial charge in [-0.3, -0.25) is 4.79 Å². The van der Waals surface area contributed by atoms with Crippen LogP contribution in [0.15, 0.2) is 36.4 Å². The van der Waals surface area contributed by atoms with Crippen LogP contribution in [0, 0.1) is 0 Å². The summed E-state index contributed by atoms with van der Waals surface area (Å²) in [5.41, 5.74) is 1.96. The van der Waals surface area contributed by atoms with Gasteiger partial charge in [-0.2, -0.15) is 0 Å². The summed E-state index contributed by atoms with van der Waals surface area (Å²) in [5.74, 6) is -0.247. The average Bonchev–Trinajstić information content (AvgIpc) is 2.68. The van der Waals surface area contributed by atoms with E-state index in [1.54, 1.807) is 36.4 Å². The number of aromatic nitrogens is 2. The van der Waals surface area contributed by atoms with Gasteiger partial charge in [-0.15, -0.1) is 0 Å². The Morgan fingerprint density at radius 1 is 0.769 bits per heavy atom. The Morgan fingerprint density at radius 2 is 1.23 bits per heavy atom. The third-order valence-corrected chi connectivity index (χ3v) is 3.32. The number of rotatable bonds is 12. The molecule has 140 valence electrons. The third kappa shape index (κ3) is 6.61. The summed E-state index contributed by atoms with van der Waals surface area (Å²) in [4.78, 5) is 21.3. The molecule has 0 saturated carbocycles. The molecule has 0 aliphatic carbocycles. The molecule has 0 N–H and O–H groups in total. The Bertz CT molecular complexity index is 636. The van der Waals surface area contributed by atoms with Crippen molar-refractivity contribution in [3.05, 3.63) is 59.2 Å². The molecule has 0 aromatic carbocycles. The van der Waals surface area contributed by atoms with Gasteiger partial charge in [0.05, 0.1) is 24.6 Å². The topological polar surface area (TPSA) is 79.8 Å². The maximum absolute atomic E-state index is 12.6. The van der Waals surface area contributed by atoms with Gasteiger partial charge in [-0.1, -0.05) is 12.1 Å². The Hall–Kier alpha value is -2.19. The molecule has 0 atom stereocenters. The fourth-order valence-corrected chi connectivity index (χ4v) is 2.08. The molecule has 7 heteroatoms. The SMILES string of the molecule is CCOCOCc1cccc(C(=O)c2cccc(COCOCC)n2)n1. The standard InChI is InChI=1S/C19H24N2O5/c1-3-23-13-25-11-15-7-5-9-17(20-15)19(22)18-10-6-8-16(21-18)12-26-14-24-4-2/h5-10H,3-4,11-14H2,1-2H3. The van der Waals surface area contributed by atoms with Gasteiger partial charge in [0.25, 0.3) is 0 Å². The summed E-state index contributed by atoms with van der Waals surface area (Å²) < 4.78 is 20.9. The monoisotopic (exact) mass is 360 g/mol. The fraction of sp³-hybridized carbons (Fsp3) is 0.421. The highest BCUT2D eigenvalue weighted by molar-refractivity contribution is 6.06. The second kappa shape index (κ2) is 11.4. The maximum atomic E-state index is 12.6. The van der Waals surface area contributed by atoms with Gasteiger partial charge in [-0.05, 0) is 38.1 Å². The number of pyridine rings is 2. The molecule has 2 aromatic heterocycles. The number of hydrogen-bond donors (Lipinski definition) is 0. The zero-order chi connectivity index (χ0) is 18.6. The van der Waals surface area contributed by atoms with Crippen molar-refractivity contribution in [3.8, 4) is 0 Å². The highest BCUT2D eigenvalue weighted by Crippen LogP contribution is 2.09. The molecule has 0 aliphatic heterocycles. The number of carbonyl (C=O) groups excluding carboxylic acids is 1. The first-order valence-corrected chi connectivity index (χ1v) is 8.52. The summed E-state index contributed by atoms with van der Waals surface area (Å²) in [6.45, 7) is 5.90.